The van der Waals surface area contributed by atoms with E-state index in [1.165, 1.54) is 36.4 Å². The van der Waals surface area contributed by atoms with Gasteiger partial charge < -0.3 is 0 Å². The number of amides is 2. The number of anilines is 1. The Morgan fingerprint density at radius 3 is 2.00 bits per heavy atom. The zero-order valence-corrected chi connectivity index (χ0v) is 17.3. The number of hydrogen-bond donors (Lipinski definition) is 1. The summed E-state index contributed by atoms with van der Waals surface area (Å²) in [6, 6.07) is 11.3. The third kappa shape index (κ3) is 3.65. The standard InChI is InChI=1S/C19H19N3O6S2/c20-29(25,26)15-10-8-13(9-11-15)21-18(23)12-17(19(21)24)22(14-6-7-14)30(27,28)16-4-2-1-3-5-16/h1-5,8-11,14,17H,6-7,12H2,(H2,20,25,26). The van der Waals surface area contributed by atoms with E-state index < -0.39 is 37.9 Å². The Balaban J connectivity index is 1.67. The van der Waals surface area contributed by atoms with Gasteiger partial charge >= 0.3 is 0 Å². The number of nitrogens with two attached hydrogens (primary N) is 1. The molecule has 2 aromatic carbocycles. The van der Waals surface area contributed by atoms with E-state index in [0.717, 1.165) is 9.21 Å². The van der Waals surface area contributed by atoms with E-state index in [-0.39, 0.29) is 27.9 Å². The van der Waals surface area contributed by atoms with E-state index >= 15 is 0 Å². The van der Waals surface area contributed by atoms with Gasteiger partial charge in [0.1, 0.15) is 6.04 Å². The van der Waals surface area contributed by atoms with Crippen LogP contribution in [0.15, 0.2) is 64.4 Å². The number of imide groups is 1. The first kappa shape index (κ1) is 20.7. The van der Waals surface area contributed by atoms with E-state index in [4.69, 9.17) is 5.14 Å². The Bertz CT molecular complexity index is 1210. The predicted molar refractivity (Wildman–Crippen MR) is 107 cm³/mol. The quantitative estimate of drug-likeness (QED) is 0.649. The van der Waals surface area contributed by atoms with Crippen molar-refractivity contribution < 1.29 is 26.4 Å². The molecule has 2 amide bonds. The van der Waals surface area contributed by atoms with Crippen LogP contribution in [0.5, 0.6) is 0 Å². The van der Waals surface area contributed by atoms with Crippen molar-refractivity contribution in [3.63, 3.8) is 0 Å². The van der Waals surface area contributed by atoms with Gasteiger partial charge in [0.05, 0.1) is 21.9 Å². The fourth-order valence-electron chi connectivity index (χ4n) is 3.53. The van der Waals surface area contributed by atoms with Crippen molar-refractivity contribution in [3.05, 3.63) is 54.6 Å². The molecule has 0 radical (unpaired) electrons. The highest BCUT2D eigenvalue weighted by atomic mass is 32.2. The molecule has 1 atom stereocenters. The Hall–Kier alpha value is -2.60. The van der Waals surface area contributed by atoms with Crippen LogP contribution in [-0.4, -0.2) is 45.0 Å². The van der Waals surface area contributed by atoms with Crippen LogP contribution in [0, 0.1) is 0 Å². The minimum absolute atomic E-state index is 0.0631. The molecule has 1 unspecified atom stereocenters. The first-order valence-electron chi connectivity index (χ1n) is 9.19. The van der Waals surface area contributed by atoms with Crippen molar-refractivity contribution in [1.29, 1.82) is 0 Å². The summed E-state index contributed by atoms with van der Waals surface area (Å²) in [4.78, 5) is 26.5. The highest BCUT2D eigenvalue weighted by molar-refractivity contribution is 7.89. The van der Waals surface area contributed by atoms with Crippen LogP contribution in [0.1, 0.15) is 19.3 Å². The topological polar surface area (TPSA) is 135 Å². The summed E-state index contributed by atoms with van der Waals surface area (Å²) in [6.45, 7) is 0. The molecule has 2 aromatic rings. The average Bonchev–Trinajstić information content (AvgIpc) is 3.48. The van der Waals surface area contributed by atoms with E-state index in [2.05, 4.69) is 0 Å². The number of nitrogens with zero attached hydrogens (tertiary/aromatic N) is 2. The van der Waals surface area contributed by atoms with Crippen LogP contribution in [0.25, 0.3) is 0 Å². The van der Waals surface area contributed by atoms with Crippen LogP contribution in [0.2, 0.25) is 0 Å². The van der Waals surface area contributed by atoms with Gasteiger partial charge in [-0.05, 0) is 49.2 Å². The largest absolute Gasteiger partial charge is 0.274 e. The summed E-state index contributed by atoms with van der Waals surface area (Å²) in [6.07, 6.45) is 0.957. The summed E-state index contributed by atoms with van der Waals surface area (Å²) in [5.41, 5.74) is 0.160. The van der Waals surface area contributed by atoms with Crippen molar-refractivity contribution in [2.24, 2.45) is 5.14 Å². The van der Waals surface area contributed by atoms with E-state index in [0.29, 0.717) is 12.8 Å². The molecule has 2 aliphatic rings. The van der Waals surface area contributed by atoms with Gasteiger partial charge in [-0.25, -0.2) is 26.9 Å². The smallest absolute Gasteiger partial charge is 0.252 e. The lowest BCUT2D eigenvalue weighted by Crippen LogP contribution is -2.46. The number of sulfonamides is 2. The van der Waals surface area contributed by atoms with E-state index in [9.17, 15) is 26.4 Å². The Labute approximate surface area is 174 Å². The Morgan fingerprint density at radius 1 is 0.867 bits per heavy atom. The molecule has 4 rings (SSSR count). The molecule has 9 nitrogen and oxygen atoms in total. The van der Waals surface area contributed by atoms with Gasteiger partial charge in [0.2, 0.25) is 26.0 Å². The number of rotatable bonds is 6. The highest BCUT2D eigenvalue weighted by Crippen LogP contribution is 2.38. The van der Waals surface area contributed by atoms with Crippen LogP contribution in [-0.2, 0) is 29.6 Å². The summed E-state index contributed by atoms with van der Waals surface area (Å²) >= 11 is 0. The second-order valence-corrected chi connectivity index (χ2v) is 10.6. The normalized spacial score (nSPS) is 20.2. The maximum absolute atomic E-state index is 13.2. The van der Waals surface area contributed by atoms with Crippen molar-refractivity contribution in [3.8, 4) is 0 Å². The molecule has 2 fully saturated rings. The number of carbonyl (C=O) groups excluding carboxylic acids is 2. The van der Waals surface area contributed by atoms with Gasteiger partial charge in [-0.1, -0.05) is 18.2 Å². The third-order valence-corrected chi connectivity index (χ3v) is 7.98. The SMILES string of the molecule is NS(=O)(=O)c1ccc(N2C(=O)CC(N(C3CC3)S(=O)(=O)c3ccccc3)C2=O)cc1. The molecule has 158 valence electrons. The second kappa shape index (κ2) is 7.27. The van der Waals surface area contributed by atoms with Gasteiger partial charge in [-0.2, -0.15) is 4.31 Å². The first-order valence-corrected chi connectivity index (χ1v) is 12.2. The molecular weight excluding hydrogens is 430 g/mol. The van der Waals surface area contributed by atoms with Crippen LogP contribution in [0.4, 0.5) is 5.69 Å². The van der Waals surface area contributed by atoms with E-state index in [1.807, 2.05) is 0 Å². The summed E-state index contributed by atoms with van der Waals surface area (Å²) in [5, 5.41) is 5.07. The number of hydrogen-bond acceptors (Lipinski definition) is 6. The molecule has 30 heavy (non-hydrogen) atoms. The van der Waals surface area contributed by atoms with Crippen molar-refractivity contribution in [2.75, 3.05) is 4.90 Å². The van der Waals surface area contributed by atoms with Crippen molar-refractivity contribution in [2.45, 2.75) is 41.1 Å². The van der Waals surface area contributed by atoms with Crippen LogP contribution in [0.3, 0.4) is 0 Å². The molecule has 1 aliphatic carbocycles. The molecule has 0 aromatic heterocycles. The van der Waals surface area contributed by atoms with Gasteiger partial charge in [0, 0.05) is 6.04 Å². The summed E-state index contributed by atoms with van der Waals surface area (Å²) in [7, 11) is -7.89. The summed E-state index contributed by atoms with van der Waals surface area (Å²) < 4.78 is 50.4. The van der Waals surface area contributed by atoms with Gasteiger partial charge in [0.15, 0.2) is 0 Å². The average molecular weight is 450 g/mol. The number of benzene rings is 2. The van der Waals surface area contributed by atoms with Crippen LogP contribution >= 0.6 is 0 Å². The molecule has 1 saturated carbocycles. The fraction of sp³-hybridized carbons (Fsp3) is 0.263. The van der Waals surface area contributed by atoms with Crippen LogP contribution < -0.4 is 10.0 Å². The minimum atomic E-state index is -3.97. The monoisotopic (exact) mass is 449 g/mol. The van der Waals surface area contributed by atoms with Gasteiger partial charge in [-0.3, -0.25) is 9.59 Å². The molecule has 1 aliphatic heterocycles. The maximum Gasteiger partial charge on any atom is 0.252 e. The Morgan fingerprint density at radius 2 is 1.47 bits per heavy atom. The van der Waals surface area contributed by atoms with Crippen molar-refractivity contribution >= 4 is 37.5 Å². The lowest BCUT2D eigenvalue weighted by molar-refractivity contribution is -0.122. The molecule has 1 heterocycles. The zero-order chi connectivity index (χ0) is 21.7. The molecular formula is C19H19N3O6S2. The second-order valence-electron chi connectivity index (χ2n) is 7.21. The highest BCUT2D eigenvalue weighted by Gasteiger charge is 2.51. The lowest BCUT2D eigenvalue weighted by atomic mass is 10.2. The molecule has 0 spiro atoms. The minimum Gasteiger partial charge on any atom is -0.274 e. The third-order valence-electron chi connectivity index (χ3n) is 5.08. The molecule has 11 heteroatoms. The molecule has 0 bridgehead atoms. The van der Waals surface area contributed by atoms with Crippen molar-refractivity contribution in [1.82, 2.24) is 4.31 Å². The van der Waals surface area contributed by atoms with Gasteiger partial charge in [-0.15, -0.1) is 0 Å². The van der Waals surface area contributed by atoms with Gasteiger partial charge in [0.25, 0.3) is 5.91 Å². The molecule has 2 N–H and O–H groups in total. The lowest BCUT2D eigenvalue weighted by Gasteiger charge is -2.26. The first-order chi connectivity index (χ1) is 14.1. The predicted octanol–water partition coefficient (Wildman–Crippen LogP) is 0.819. The number of primary sulfonamides is 1. The number of carbonyl (C=O) groups is 2. The zero-order valence-electron chi connectivity index (χ0n) is 15.7. The molecule has 1 saturated heterocycles. The fourth-order valence-corrected chi connectivity index (χ4v) is 5.90. The Kier molecular flexibility index (Phi) is 5.01. The summed E-state index contributed by atoms with van der Waals surface area (Å²) in [5.74, 6) is -1.21. The maximum atomic E-state index is 13.2. The van der Waals surface area contributed by atoms with E-state index in [1.54, 1.807) is 18.2 Å².